The van der Waals surface area contributed by atoms with Crippen LogP contribution in [-0.4, -0.2) is 57.9 Å². The molecule has 1 aromatic carbocycles. The van der Waals surface area contributed by atoms with E-state index in [1.165, 1.54) is 16.4 Å². The van der Waals surface area contributed by atoms with Gasteiger partial charge in [0, 0.05) is 52.4 Å². The highest BCUT2D eigenvalue weighted by Gasteiger charge is 2.27. The van der Waals surface area contributed by atoms with Crippen molar-refractivity contribution in [3.63, 3.8) is 0 Å². The van der Waals surface area contributed by atoms with Crippen molar-refractivity contribution in [1.29, 1.82) is 0 Å². The molecular weight excluding hydrogens is 386 g/mol. The second-order valence-corrected chi connectivity index (χ2v) is 7.64. The number of carboxylic acids is 1. The van der Waals surface area contributed by atoms with Gasteiger partial charge in [-0.3, -0.25) is 19.0 Å². The average Bonchev–Trinajstić information content (AvgIpc) is 2.70. The quantitative estimate of drug-likeness (QED) is 0.803. The number of nitrogens with zero attached hydrogens (tertiary/aromatic N) is 3. The van der Waals surface area contributed by atoms with Gasteiger partial charge >= 0.3 is 5.97 Å². The Bertz CT molecular complexity index is 1070. The van der Waals surface area contributed by atoms with Crippen LogP contribution in [0.25, 0.3) is 5.69 Å². The molecule has 0 atom stereocenters. The van der Waals surface area contributed by atoms with E-state index in [1.807, 2.05) is 6.07 Å². The lowest BCUT2D eigenvalue weighted by atomic mass is 9.96. The van der Waals surface area contributed by atoms with Crippen LogP contribution in [0.1, 0.15) is 40.4 Å². The molecule has 2 aromatic rings. The van der Waals surface area contributed by atoms with E-state index in [-0.39, 0.29) is 23.9 Å². The van der Waals surface area contributed by atoms with Crippen molar-refractivity contribution in [3.8, 4) is 5.69 Å². The minimum Gasteiger partial charge on any atom is -0.477 e. The minimum atomic E-state index is -1.27. The van der Waals surface area contributed by atoms with Gasteiger partial charge in [-0.25, -0.2) is 4.79 Å². The molecule has 0 fully saturated rings. The fraction of sp³-hybridized carbons (Fsp3) is 0.364. The summed E-state index contributed by atoms with van der Waals surface area (Å²) in [5.74, 6) is -1.36. The van der Waals surface area contributed by atoms with Crippen LogP contribution in [0.3, 0.4) is 0 Å². The highest BCUT2D eigenvalue weighted by Crippen LogP contribution is 2.22. The molecule has 2 amide bonds. The Hall–Kier alpha value is -3.42. The third-order valence-electron chi connectivity index (χ3n) is 5.37. The molecule has 30 heavy (non-hydrogen) atoms. The van der Waals surface area contributed by atoms with E-state index in [2.05, 4.69) is 0 Å². The maximum absolute atomic E-state index is 13.0. The topological polar surface area (TPSA) is 99.9 Å². The molecule has 0 radical (unpaired) electrons. The van der Waals surface area contributed by atoms with Crippen LogP contribution in [0.15, 0.2) is 35.3 Å². The lowest BCUT2D eigenvalue weighted by molar-refractivity contribution is -0.130. The van der Waals surface area contributed by atoms with Gasteiger partial charge in [-0.2, -0.15) is 0 Å². The molecule has 2 heterocycles. The van der Waals surface area contributed by atoms with Gasteiger partial charge in [-0.15, -0.1) is 0 Å². The van der Waals surface area contributed by atoms with Crippen molar-refractivity contribution in [2.24, 2.45) is 0 Å². The average molecular weight is 411 g/mol. The third kappa shape index (κ3) is 4.27. The third-order valence-corrected chi connectivity index (χ3v) is 5.37. The van der Waals surface area contributed by atoms with Crippen LogP contribution in [0.5, 0.6) is 0 Å². The maximum atomic E-state index is 13.0. The number of fused-ring (bicyclic) bond motifs is 1. The second kappa shape index (κ2) is 8.52. The normalized spacial score (nSPS) is 13.0. The number of carbonyl (C=O) groups excluding carboxylic acids is 2. The number of carbonyl (C=O) groups is 3. The smallest absolute Gasteiger partial charge is 0.341 e. The Kier molecular flexibility index (Phi) is 6.05. The Labute approximate surface area is 174 Å². The van der Waals surface area contributed by atoms with E-state index in [1.54, 1.807) is 43.4 Å². The summed E-state index contributed by atoms with van der Waals surface area (Å²) in [6.45, 7) is 2.13. The van der Waals surface area contributed by atoms with Crippen LogP contribution >= 0.6 is 0 Å². The molecule has 8 nitrogen and oxygen atoms in total. The maximum Gasteiger partial charge on any atom is 0.341 e. The van der Waals surface area contributed by atoms with Crippen molar-refractivity contribution in [1.82, 2.24) is 14.4 Å². The van der Waals surface area contributed by atoms with Gasteiger partial charge in [0.2, 0.25) is 11.8 Å². The van der Waals surface area contributed by atoms with Crippen molar-refractivity contribution < 1.29 is 19.5 Å². The van der Waals surface area contributed by atoms with Gasteiger partial charge in [0.05, 0.1) is 0 Å². The molecule has 0 saturated heterocycles. The Morgan fingerprint density at radius 3 is 2.57 bits per heavy atom. The molecular formula is C22H25N3O5. The first kappa shape index (κ1) is 21.3. The number of carboxylic acid groups (broad SMARTS) is 1. The highest BCUT2D eigenvalue weighted by molar-refractivity contribution is 5.89. The lowest BCUT2D eigenvalue weighted by Crippen LogP contribution is -2.38. The molecule has 1 aliphatic heterocycles. The molecule has 0 saturated carbocycles. The van der Waals surface area contributed by atoms with Crippen LogP contribution in [-0.2, 0) is 29.0 Å². The molecule has 0 spiro atoms. The number of benzene rings is 1. The molecule has 8 heteroatoms. The first-order valence-corrected chi connectivity index (χ1v) is 9.74. The Balaban J connectivity index is 2.03. The van der Waals surface area contributed by atoms with Crippen molar-refractivity contribution >= 4 is 17.8 Å². The van der Waals surface area contributed by atoms with E-state index in [9.17, 15) is 24.3 Å². The first-order valence-electron chi connectivity index (χ1n) is 9.74. The van der Waals surface area contributed by atoms with Gasteiger partial charge in [0.15, 0.2) is 0 Å². The summed E-state index contributed by atoms with van der Waals surface area (Å²) >= 11 is 0. The minimum absolute atomic E-state index is 0.00355. The molecule has 3 rings (SSSR count). The number of hydrogen-bond acceptors (Lipinski definition) is 4. The van der Waals surface area contributed by atoms with Gasteiger partial charge in [-0.05, 0) is 41.7 Å². The molecule has 1 aromatic heterocycles. The number of amides is 2. The Morgan fingerprint density at radius 2 is 1.93 bits per heavy atom. The SMILES string of the molecule is CC(=O)N1CCc2c(cn(-c3cccc(CCC(=O)N(C)C)c3)c(=O)c2C(=O)O)C1. The summed E-state index contributed by atoms with van der Waals surface area (Å²) in [4.78, 5) is 51.7. The summed E-state index contributed by atoms with van der Waals surface area (Å²) in [6.07, 6.45) is 2.81. The van der Waals surface area contributed by atoms with Gasteiger partial charge in [0.25, 0.3) is 5.56 Å². The summed E-state index contributed by atoms with van der Waals surface area (Å²) < 4.78 is 1.32. The van der Waals surface area contributed by atoms with Gasteiger partial charge in [-0.1, -0.05) is 12.1 Å². The standard InChI is InChI=1S/C22H25N3O5/c1-14(26)24-10-9-18-16(12-24)13-25(21(28)20(18)22(29)30)17-6-4-5-15(11-17)7-8-19(27)23(2)3/h4-6,11,13H,7-10,12H2,1-3H3,(H,29,30). The monoisotopic (exact) mass is 411 g/mol. The van der Waals surface area contributed by atoms with Crippen molar-refractivity contribution in [2.45, 2.75) is 32.7 Å². The fourth-order valence-corrected chi connectivity index (χ4v) is 3.67. The predicted molar refractivity (Wildman–Crippen MR) is 111 cm³/mol. The van der Waals surface area contributed by atoms with Crippen molar-refractivity contribution in [3.05, 3.63) is 63.1 Å². The number of hydrogen-bond donors (Lipinski definition) is 1. The van der Waals surface area contributed by atoms with Crippen LogP contribution in [0, 0.1) is 0 Å². The summed E-state index contributed by atoms with van der Waals surface area (Å²) in [5.41, 5.74) is 1.70. The fourth-order valence-electron chi connectivity index (χ4n) is 3.67. The van der Waals surface area contributed by atoms with E-state index >= 15 is 0 Å². The van der Waals surface area contributed by atoms with Gasteiger partial charge < -0.3 is 14.9 Å². The zero-order chi connectivity index (χ0) is 22.0. The number of aromatic nitrogens is 1. The predicted octanol–water partition coefficient (Wildman–Crippen LogP) is 1.46. The van der Waals surface area contributed by atoms with Gasteiger partial charge in [0.1, 0.15) is 5.56 Å². The zero-order valence-corrected chi connectivity index (χ0v) is 17.3. The molecule has 1 aliphatic rings. The lowest BCUT2D eigenvalue weighted by Gasteiger charge is -2.29. The summed E-state index contributed by atoms with van der Waals surface area (Å²) in [5, 5.41) is 9.68. The highest BCUT2D eigenvalue weighted by atomic mass is 16.4. The molecule has 1 N–H and O–H groups in total. The summed E-state index contributed by atoms with van der Waals surface area (Å²) in [7, 11) is 3.40. The van der Waals surface area contributed by atoms with Crippen LogP contribution < -0.4 is 5.56 Å². The molecule has 158 valence electrons. The van der Waals surface area contributed by atoms with Crippen LogP contribution in [0.4, 0.5) is 0 Å². The first-order chi connectivity index (χ1) is 14.2. The van der Waals surface area contributed by atoms with E-state index in [0.29, 0.717) is 42.6 Å². The Morgan fingerprint density at radius 1 is 1.20 bits per heavy atom. The number of pyridine rings is 1. The number of aryl methyl sites for hydroxylation is 1. The molecule has 0 bridgehead atoms. The van der Waals surface area contributed by atoms with E-state index in [4.69, 9.17) is 0 Å². The second-order valence-electron chi connectivity index (χ2n) is 7.64. The largest absolute Gasteiger partial charge is 0.477 e. The molecule has 0 unspecified atom stereocenters. The molecule has 0 aliphatic carbocycles. The van der Waals surface area contributed by atoms with E-state index in [0.717, 1.165) is 5.56 Å². The van der Waals surface area contributed by atoms with E-state index < -0.39 is 11.5 Å². The zero-order valence-electron chi connectivity index (χ0n) is 17.3. The van der Waals surface area contributed by atoms with Crippen molar-refractivity contribution in [2.75, 3.05) is 20.6 Å². The number of rotatable bonds is 5. The summed E-state index contributed by atoms with van der Waals surface area (Å²) in [6, 6.07) is 7.15. The van der Waals surface area contributed by atoms with Crippen LogP contribution in [0.2, 0.25) is 0 Å². The number of aromatic carboxylic acids is 1.